The number of alkyl halides is 3. The third-order valence-electron chi connectivity index (χ3n) is 2.43. The number of nitrogens with one attached hydrogen (secondary N) is 1. The highest BCUT2D eigenvalue weighted by atomic mass is 19.4. The molecule has 1 aromatic rings. The van der Waals surface area contributed by atoms with Gasteiger partial charge in [-0.1, -0.05) is 6.92 Å². The van der Waals surface area contributed by atoms with E-state index in [1.807, 2.05) is 6.92 Å². The molecule has 0 aliphatic carbocycles. The van der Waals surface area contributed by atoms with Crippen molar-refractivity contribution in [3.63, 3.8) is 0 Å². The fraction of sp³-hybridized carbons (Fsp3) is 0.700. The summed E-state index contributed by atoms with van der Waals surface area (Å²) in [5.41, 5.74) is 7.01. The van der Waals surface area contributed by atoms with Gasteiger partial charge in [-0.2, -0.15) is 18.3 Å². The molecule has 1 rings (SSSR count). The third kappa shape index (κ3) is 4.01. The molecule has 98 valence electrons. The van der Waals surface area contributed by atoms with E-state index in [1.54, 1.807) is 17.9 Å². The topological polar surface area (TPSA) is 55.9 Å². The van der Waals surface area contributed by atoms with Crippen molar-refractivity contribution in [1.29, 1.82) is 0 Å². The summed E-state index contributed by atoms with van der Waals surface area (Å²) in [6.45, 7) is 0.963. The average molecular weight is 250 g/mol. The van der Waals surface area contributed by atoms with Crippen LogP contribution in [0.3, 0.4) is 0 Å². The van der Waals surface area contributed by atoms with E-state index in [4.69, 9.17) is 5.73 Å². The number of aromatic nitrogens is 2. The van der Waals surface area contributed by atoms with Crippen molar-refractivity contribution in [3.8, 4) is 0 Å². The predicted octanol–water partition coefficient (Wildman–Crippen LogP) is 1.13. The minimum atomic E-state index is -4.23. The lowest BCUT2D eigenvalue weighted by molar-refractivity contribution is -0.126. The second-order valence-corrected chi connectivity index (χ2v) is 3.84. The molecule has 0 bridgehead atoms. The molecule has 1 atom stereocenters. The maximum Gasteiger partial charge on any atom is 0.401 e. The molecule has 0 saturated heterocycles. The summed E-state index contributed by atoms with van der Waals surface area (Å²) in [5, 5.41) is 6.59. The summed E-state index contributed by atoms with van der Waals surface area (Å²) < 4.78 is 38.0. The van der Waals surface area contributed by atoms with Gasteiger partial charge in [0.2, 0.25) is 0 Å². The third-order valence-corrected chi connectivity index (χ3v) is 2.43. The molecule has 4 nitrogen and oxygen atoms in total. The fourth-order valence-electron chi connectivity index (χ4n) is 1.68. The van der Waals surface area contributed by atoms with Crippen molar-refractivity contribution in [1.82, 2.24) is 15.1 Å². The van der Waals surface area contributed by atoms with Gasteiger partial charge in [-0.05, 0) is 6.42 Å². The zero-order valence-electron chi connectivity index (χ0n) is 9.88. The smallest absolute Gasteiger partial charge is 0.329 e. The Morgan fingerprint density at radius 3 is 2.65 bits per heavy atom. The Bertz CT molecular complexity index is 359. The van der Waals surface area contributed by atoms with Crippen LogP contribution in [-0.4, -0.2) is 29.0 Å². The number of nitrogens with two attached hydrogens (primary N) is 1. The van der Waals surface area contributed by atoms with E-state index in [0.29, 0.717) is 6.42 Å². The zero-order valence-corrected chi connectivity index (χ0v) is 9.88. The minimum Gasteiger partial charge on any atom is -0.329 e. The quantitative estimate of drug-likeness (QED) is 0.823. The van der Waals surface area contributed by atoms with Gasteiger partial charge in [-0.3, -0.25) is 4.68 Å². The lowest BCUT2D eigenvalue weighted by atomic mass is 10.1. The van der Waals surface area contributed by atoms with Gasteiger partial charge in [0.05, 0.1) is 12.2 Å². The summed E-state index contributed by atoms with van der Waals surface area (Å²) in [6, 6.07) is -0.514. The van der Waals surface area contributed by atoms with Crippen LogP contribution < -0.4 is 11.1 Å². The van der Waals surface area contributed by atoms with Crippen molar-refractivity contribution in [2.75, 3.05) is 13.1 Å². The Balaban J connectivity index is 2.78. The SMILES string of the molecule is CCc1nn(C)cc1C(CN)NCC(F)(F)F. The first-order valence-electron chi connectivity index (χ1n) is 5.40. The monoisotopic (exact) mass is 250 g/mol. The predicted molar refractivity (Wildman–Crippen MR) is 58.4 cm³/mol. The number of nitrogens with zero attached hydrogens (tertiary/aromatic N) is 2. The molecule has 3 N–H and O–H groups in total. The van der Waals surface area contributed by atoms with Crippen molar-refractivity contribution < 1.29 is 13.2 Å². The molecule has 17 heavy (non-hydrogen) atoms. The van der Waals surface area contributed by atoms with Crippen molar-refractivity contribution in [2.45, 2.75) is 25.6 Å². The first-order valence-corrected chi connectivity index (χ1v) is 5.40. The molecule has 0 aromatic carbocycles. The van der Waals surface area contributed by atoms with Gasteiger partial charge >= 0.3 is 6.18 Å². The van der Waals surface area contributed by atoms with Gasteiger partial charge in [0.15, 0.2) is 0 Å². The molecule has 1 aromatic heterocycles. The van der Waals surface area contributed by atoms with Crippen LogP contribution in [0.2, 0.25) is 0 Å². The second kappa shape index (κ2) is 5.50. The highest BCUT2D eigenvalue weighted by Gasteiger charge is 2.29. The number of hydrogen-bond donors (Lipinski definition) is 2. The Morgan fingerprint density at radius 1 is 1.53 bits per heavy atom. The van der Waals surface area contributed by atoms with E-state index in [0.717, 1.165) is 11.3 Å². The first-order chi connectivity index (χ1) is 7.87. The molecule has 0 fully saturated rings. The van der Waals surface area contributed by atoms with Gasteiger partial charge in [0, 0.05) is 31.4 Å². The molecule has 0 spiro atoms. The van der Waals surface area contributed by atoms with Gasteiger partial charge in [-0.15, -0.1) is 0 Å². The van der Waals surface area contributed by atoms with E-state index in [-0.39, 0.29) is 6.54 Å². The Morgan fingerprint density at radius 2 is 2.18 bits per heavy atom. The number of aryl methyl sites for hydroxylation is 2. The summed E-state index contributed by atoms with van der Waals surface area (Å²) in [7, 11) is 1.74. The zero-order chi connectivity index (χ0) is 13.1. The highest BCUT2D eigenvalue weighted by molar-refractivity contribution is 5.21. The van der Waals surface area contributed by atoms with Crippen molar-refractivity contribution >= 4 is 0 Å². The first kappa shape index (κ1) is 14.0. The van der Waals surface area contributed by atoms with E-state index in [9.17, 15) is 13.2 Å². The Hall–Kier alpha value is -1.08. The lowest BCUT2D eigenvalue weighted by Gasteiger charge is -2.17. The van der Waals surface area contributed by atoms with Crippen molar-refractivity contribution in [2.24, 2.45) is 12.8 Å². The molecule has 0 aliphatic rings. The molecule has 0 radical (unpaired) electrons. The summed E-state index contributed by atoms with van der Waals surface area (Å²) >= 11 is 0. The molecule has 0 aliphatic heterocycles. The van der Waals surface area contributed by atoms with Crippen LogP contribution >= 0.6 is 0 Å². The maximum absolute atomic E-state index is 12.1. The highest BCUT2D eigenvalue weighted by Crippen LogP contribution is 2.19. The molecule has 7 heteroatoms. The van der Waals surface area contributed by atoms with E-state index < -0.39 is 18.8 Å². The summed E-state index contributed by atoms with van der Waals surface area (Å²) in [5.74, 6) is 0. The standard InChI is InChI=1S/C10H17F3N4/c1-3-8-7(5-17(2)16-8)9(4-14)15-6-10(11,12)13/h5,9,15H,3-4,6,14H2,1-2H3. The molecule has 1 unspecified atom stereocenters. The molecule has 1 heterocycles. The van der Waals surface area contributed by atoms with Crippen LogP contribution in [0.1, 0.15) is 24.2 Å². The molecule has 0 amide bonds. The van der Waals surface area contributed by atoms with Crippen LogP contribution in [-0.2, 0) is 13.5 Å². The number of halogens is 3. The Labute approximate surface area is 98.0 Å². The Kier molecular flexibility index (Phi) is 4.53. The van der Waals surface area contributed by atoms with Crippen LogP contribution in [0, 0.1) is 0 Å². The van der Waals surface area contributed by atoms with E-state index >= 15 is 0 Å². The molecule has 0 saturated carbocycles. The van der Waals surface area contributed by atoms with Crippen LogP contribution in [0.4, 0.5) is 13.2 Å². The second-order valence-electron chi connectivity index (χ2n) is 3.84. The lowest BCUT2D eigenvalue weighted by Crippen LogP contribution is -2.36. The van der Waals surface area contributed by atoms with Crippen LogP contribution in [0.25, 0.3) is 0 Å². The average Bonchev–Trinajstić information content (AvgIpc) is 2.59. The van der Waals surface area contributed by atoms with E-state index in [1.165, 1.54) is 0 Å². The summed E-state index contributed by atoms with van der Waals surface area (Å²) in [4.78, 5) is 0. The molecular weight excluding hydrogens is 233 g/mol. The number of rotatable bonds is 5. The van der Waals surface area contributed by atoms with Gasteiger partial charge in [0.1, 0.15) is 0 Å². The molecular formula is C10H17F3N4. The van der Waals surface area contributed by atoms with Crippen molar-refractivity contribution in [3.05, 3.63) is 17.5 Å². The summed E-state index contributed by atoms with van der Waals surface area (Å²) in [6.07, 6.45) is -1.86. The minimum absolute atomic E-state index is 0.106. The normalized spacial score (nSPS) is 14.0. The van der Waals surface area contributed by atoms with Gasteiger partial charge in [0.25, 0.3) is 0 Å². The van der Waals surface area contributed by atoms with Gasteiger partial charge in [-0.25, -0.2) is 0 Å². The van der Waals surface area contributed by atoms with Crippen LogP contribution in [0.5, 0.6) is 0 Å². The number of hydrogen-bond acceptors (Lipinski definition) is 3. The van der Waals surface area contributed by atoms with Gasteiger partial charge < -0.3 is 11.1 Å². The van der Waals surface area contributed by atoms with Crippen LogP contribution in [0.15, 0.2) is 6.20 Å². The fourth-order valence-corrected chi connectivity index (χ4v) is 1.68. The largest absolute Gasteiger partial charge is 0.401 e. The maximum atomic E-state index is 12.1. The van der Waals surface area contributed by atoms with E-state index in [2.05, 4.69) is 10.4 Å².